The van der Waals surface area contributed by atoms with Gasteiger partial charge in [-0.05, 0) is 6.42 Å². The Kier molecular flexibility index (Phi) is 20.7. The van der Waals surface area contributed by atoms with Crippen LogP contribution in [-0.4, -0.2) is 18.3 Å². The lowest BCUT2D eigenvalue weighted by atomic mass is 10.0. The Bertz CT molecular complexity index is 256. The normalized spacial score (nSPS) is 10.9. The number of rotatable bonds is 19. The van der Waals surface area contributed by atoms with Crippen molar-refractivity contribution in [2.24, 2.45) is 0 Å². The van der Waals surface area contributed by atoms with E-state index in [0.29, 0.717) is 18.8 Å². The van der Waals surface area contributed by atoms with Gasteiger partial charge in [0, 0.05) is 5.75 Å². The maximum Gasteiger partial charge on any atom is 0.306 e. The van der Waals surface area contributed by atoms with Crippen LogP contribution in [0.15, 0.2) is 0 Å². The van der Waals surface area contributed by atoms with Gasteiger partial charge in [-0.2, -0.15) is 0 Å². The number of esters is 1. The average Bonchev–Trinajstić information content (AvgIpc) is 2.58. The highest BCUT2D eigenvalue weighted by molar-refractivity contribution is 7.80. The Balaban J connectivity index is 3.01. The van der Waals surface area contributed by atoms with Crippen LogP contribution in [-0.2, 0) is 9.53 Å². The predicted molar refractivity (Wildman–Crippen MR) is 108 cm³/mol. The third kappa shape index (κ3) is 19.9. The van der Waals surface area contributed by atoms with Crippen LogP contribution in [0.3, 0.4) is 0 Å². The molecule has 0 aromatic carbocycles. The molecule has 0 atom stereocenters. The third-order valence-electron chi connectivity index (χ3n) is 4.57. The van der Waals surface area contributed by atoms with Gasteiger partial charge in [0.25, 0.3) is 0 Å². The van der Waals surface area contributed by atoms with Crippen molar-refractivity contribution in [3.8, 4) is 0 Å². The van der Waals surface area contributed by atoms with Crippen molar-refractivity contribution < 1.29 is 9.53 Å². The molecular weight excluding hydrogens is 316 g/mol. The number of hydrogen-bond acceptors (Lipinski definition) is 2. The van der Waals surface area contributed by atoms with E-state index in [2.05, 4.69) is 6.92 Å². The molecule has 0 bridgehead atoms. The van der Waals surface area contributed by atoms with Crippen molar-refractivity contribution in [3.63, 3.8) is 0 Å². The molecule has 0 aliphatic rings. The Hall–Kier alpha value is -0.180. The molecule has 0 aliphatic heterocycles. The van der Waals surface area contributed by atoms with Crippen molar-refractivity contribution in [2.75, 3.05) is 12.4 Å². The van der Waals surface area contributed by atoms with E-state index in [-0.39, 0.29) is 5.97 Å². The molecule has 0 unspecified atom stereocenters. The van der Waals surface area contributed by atoms with Gasteiger partial charge < -0.3 is 4.74 Å². The van der Waals surface area contributed by atoms with Crippen molar-refractivity contribution in [1.29, 1.82) is 0 Å². The molecule has 0 spiro atoms. The zero-order valence-electron chi connectivity index (χ0n) is 16.2. The van der Waals surface area contributed by atoms with Gasteiger partial charge in [-0.25, -0.2) is 0 Å². The van der Waals surface area contributed by atoms with E-state index in [9.17, 15) is 4.79 Å². The molecular formula is C21H41O2S. The molecule has 1 radical (unpaired) electrons. The van der Waals surface area contributed by atoms with Crippen LogP contribution in [0.25, 0.3) is 0 Å². The fourth-order valence-corrected chi connectivity index (χ4v) is 3.16. The second kappa shape index (κ2) is 20.9. The van der Waals surface area contributed by atoms with E-state index in [1.165, 1.54) is 96.3 Å². The summed E-state index contributed by atoms with van der Waals surface area (Å²) in [6, 6.07) is 0. The predicted octanol–water partition coefficient (Wildman–Crippen LogP) is 7.38. The molecule has 0 fully saturated rings. The lowest BCUT2D eigenvalue weighted by molar-refractivity contribution is -0.143. The highest BCUT2D eigenvalue weighted by Crippen LogP contribution is 2.13. The second-order valence-corrected chi connectivity index (χ2v) is 7.39. The van der Waals surface area contributed by atoms with E-state index in [0.717, 1.165) is 6.42 Å². The molecule has 0 rings (SSSR count). The summed E-state index contributed by atoms with van der Waals surface area (Å²) in [6.07, 6.45) is 22.2. The zero-order valence-corrected chi connectivity index (χ0v) is 17.0. The average molecular weight is 358 g/mol. The first-order valence-electron chi connectivity index (χ1n) is 10.5. The van der Waals surface area contributed by atoms with Gasteiger partial charge in [0.15, 0.2) is 0 Å². The van der Waals surface area contributed by atoms with Gasteiger partial charge in [0.05, 0.1) is 13.0 Å². The minimum atomic E-state index is -0.133. The third-order valence-corrected chi connectivity index (χ3v) is 4.77. The van der Waals surface area contributed by atoms with Gasteiger partial charge in [0.2, 0.25) is 0 Å². The van der Waals surface area contributed by atoms with Gasteiger partial charge in [-0.3, -0.25) is 4.79 Å². The number of carbonyl (C=O) groups excluding carboxylic acids is 1. The van der Waals surface area contributed by atoms with E-state index in [4.69, 9.17) is 17.4 Å². The van der Waals surface area contributed by atoms with Crippen LogP contribution in [0.1, 0.15) is 116 Å². The summed E-state index contributed by atoms with van der Waals surface area (Å²) in [7, 11) is 0. The molecule has 0 saturated heterocycles. The number of carbonyl (C=O) groups is 1. The van der Waals surface area contributed by atoms with Gasteiger partial charge in [0.1, 0.15) is 0 Å². The summed E-state index contributed by atoms with van der Waals surface area (Å²) in [5.41, 5.74) is 0. The fourth-order valence-electron chi connectivity index (χ4n) is 2.99. The number of unbranched alkanes of at least 4 members (excludes halogenated alkanes) is 15. The minimum absolute atomic E-state index is 0.133. The smallest absolute Gasteiger partial charge is 0.306 e. The largest absolute Gasteiger partial charge is 0.466 e. The lowest BCUT2D eigenvalue weighted by Crippen LogP contribution is -2.06. The van der Waals surface area contributed by atoms with Crippen LogP contribution < -0.4 is 0 Å². The fraction of sp³-hybridized carbons (Fsp3) is 0.952. The zero-order chi connectivity index (χ0) is 17.7. The summed E-state index contributed by atoms with van der Waals surface area (Å²) < 4.78 is 5.10. The summed E-state index contributed by atoms with van der Waals surface area (Å²) in [4.78, 5) is 11.1. The summed E-state index contributed by atoms with van der Waals surface area (Å²) in [5.74, 6) is 0.337. The van der Waals surface area contributed by atoms with E-state index in [1.807, 2.05) is 0 Å². The molecule has 0 aromatic rings. The Labute approximate surface area is 156 Å². The summed E-state index contributed by atoms with van der Waals surface area (Å²) in [5, 5.41) is 0. The monoisotopic (exact) mass is 357 g/mol. The molecule has 0 N–H and O–H groups in total. The number of hydrogen-bond donors (Lipinski definition) is 0. The number of ether oxygens (including phenoxy) is 1. The maximum absolute atomic E-state index is 11.1. The van der Waals surface area contributed by atoms with E-state index >= 15 is 0 Å². The van der Waals surface area contributed by atoms with Crippen LogP contribution in [0.5, 0.6) is 0 Å². The van der Waals surface area contributed by atoms with E-state index in [1.54, 1.807) is 0 Å². The van der Waals surface area contributed by atoms with Gasteiger partial charge in [-0.1, -0.05) is 116 Å². The quantitative estimate of drug-likeness (QED) is 0.178. The van der Waals surface area contributed by atoms with Gasteiger partial charge in [-0.15, -0.1) is 0 Å². The van der Waals surface area contributed by atoms with Crippen molar-refractivity contribution >= 4 is 18.6 Å². The molecule has 0 amide bonds. The lowest BCUT2D eigenvalue weighted by Gasteiger charge is -2.04. The standard InChI is InChI=1S/C21H41O2S/c1-2-3-4-5-6-7-8-9-10-11-12-13-14-15-16-17-19-23-21(22)18-20-24/h2-20H2,1H3. The van der Waals surface area contributed by atoms with Crippen molar-refractivity contribution in [3.05, 3.63) is 0 Å². The topological polar surface area (TPSA) is 26.3 Å². The highest BCUT2D eigenvalue weighted by Gasteiger charge is 2.00. The molecule has 0 saturated carbocycles. The Morgan fingerprint density at radius 1 is 0.667 bits per heavy atom. The second-order valence-electron chi connectivity index (χ2n) is 6.98. The summed E-state index contributed by atoms with van der Waals surface area (Å²) in [6.45, 7) is 2.86. The molecule has 24 heavy (non-hydrogen) atoms. The van der Waals surface area contributed by atoms with Crippen molar-refractivity contribution in [2.45, 2.75) is 116 Å². The molecule has 143 valence electrons. The Morgan fingerprint density at radius 3 is 1.42 bits per heavy atom. The van der Waals surface area contributed by atoms with Crippen LogP contribution in [0, 0.1) is 0 Å². The first kappa shape index (κ1) is 23.8. The maximum atomic E-state index is 11.1. The van der Waals surface area contributed by atoms with Crippen molar-refractivity contribution in [1.82, 2.24) is 0 Å². The molecule has 0 aliphatic carbocycles. The highest BCUT2D eigenvalue weighted by atomic mass is 32.1. The molecule has 0 heterocycles. The summed E-state index contributed by atoms with van der Waals surface area (Å²) >= 11 is 4.75. The first-order chi connectivity index (χ1) is 11.8. The molecule has 3 heteroatoms. The van der Waals surface area contributed by atoms with Gasteiger partial charge >= 0.3 is 5.97 Å². The van der Waals surface area contributed by atoms with E-state index < -0.39 is 0 Å². The van der Waals surface area contributed by atoms with Crippen LogP contribution in [0.4, 0.5) is 0 Å². The molecule has 0 aromatic heterocycles. The Morgan fingerprint density at radius 2 is 1.04 bits per heavy atom. The van der Waals surface area contributed by atoms with Crippen LogP contribution >= 0.6 is 12.6 Å². The van der Waals surface area contributed by atoms with Crippen LogP contribution in [0.2, 0.25) is 0 Å². The first-order valence-corrected chi connectivity index (χ1v) is 11.1. The minimum Gasteiger partial charge on any atom is -0.466 e. The SMILES string of the molecule is CCCCCCCCCCCCCCCCCCOC(=O)CC[S]. The molecule has 2 nitrogen and oxygen atoms in total.